The fraction of sp³-hybridized carbons (Fsp3) is 0. The number of hydrogen-bond donors (Lipinski definition) is 0. The van der Waals surface area contributed by atoms with E-state index in [0.717, 1.165) is 0 Å². The van der Waals surface area contributed by atoms with Gasteiger partial charge >= 0.3 is 0 Å². The van der Waals surface area contributed by atoms with Gasteiger partial charge in [0.25, 0.3) is 0 Å². The Bertz CT molecular complexity index is 15.5. The molecule has 0 spiro atoms. The summed E-state index contributed by atoms with van der Waals surface area (Å²) in [4.78, 5) is 0. The van der Waals surface area contributed by atoms with E-state index in [1.54, 1.807) is 0 Å². The van der Waals surface area contributed by atoms with E-state index in [2.05, 4.69) is 0 Å². The molecule has 0 heterocycles. The standard InChI is InChI=1S/Ag.Cr.Cu.Fe.H4Si.Ti/h;;;;1H4;. The van der Waals surface area contributed by atoms with Crippen LogP contribution < -0.4 is 0 Å². The van der Waals surface area contributed by atoms with Gasteiger partial charge in [0.05, 0.1) is 0 Å². The fourth-order valence-electron chi connectivity index (χ4n) is 0. The maximum Gasteiger partial charge on any atom is 0 e. The fourth-order valence-corrected chi connectivity index (χ4v) is 0. The molecule has 0 aromatic rings. The molecule has 0 rings (SSSR count). The van der Waals surface area contributed by atoms with E-state index in [1.165, 1.54) is 0 Å². The van der Waals surface area contributed by atoms with Crippen LogP contribution in [0.2, 0.25) is 0 Å². The second kappa shape index (κ2) is 41.1. The zero-order chi connectivity index (χ0) is 0. The molecule has 48 valence electrons. The Labute approximate surface area is 105 Å². The van der Waals surface area contributed by atoms with Crippen LogP contribution >= 0.6 is 0 Å². The second-order valence-electron chi connectivity index (χ2n) is 0. The predicted molar refractivity (Wildman–Crippen MR) is 11.3 cm³/mol. The largest absolute Gasteiger partial charge is 0.0149 e. The van der Waals surface area contributed by atoms with Gasteiger partial charge in [-0.05, 0) is 11.0 Å². The van der Waals surface area contributed by atoms with Crippen molar-refractivity contribution < 1.29 is 95.6 Å². The Morgan fingerprint density at radius 1 is 1.00 bits per heavy atom. The molecule has 0 bridgehead atoms. The van der Waals surface area contributed by atoms with Crippen molar-refractivity contribution in [3.05, 3.63) is 0 Å². The van der Waals surface area contributed by atoms with Crippen LogP contribution in [0.5, 0.6) is 0 Å². The molecule has 6 heavy (non-hydrogen) atoms. The topological polar surface area (TPSA) is 0 Å². The van der Waals surface area contributed by atoms with Gasteiger partial charge in [-0.15, -0.1) is 0 Å². The Hall–Kier alpha value is 3.24. The molecule has 0 atom stereocenters. The van der Waals surface area contributed by atoms with E-state index in [0.29, 0.717) is 0 Å². The quantitative estimate of drug-likeness (QED) is 0.464. The van der Waals surface area contributed by atoms with E-state index in [1.807, 2.05) is 0 Å². The number of hydrogen-bond acceptors (Lipinski definition) is 0. The predicted octanol–water partition coefficient (Wildman–Crippen LogP) is -1.46. The molecule has 0 unspecified atom stereocenters. The summed E-state index contributed by atoms with van der Waals surface area (Å²) in [6.45, 7) is 0. The average molecular weight is 359 g/mol. The van der Waals surface area contributed by atoms with Crippen molar-refractivity contribution in [2.45, 2.75) is 0 Å². The van der Waals surface area contributed by atoms with Gasteiger partial charge in [0, 0.05) is 95.6 Å². The number of rotatable bonds is 0. The first-order valence-corrected chi connectivity index (χ1v) is 0. The molecule has 0 amide bonds. The molecule has 0 saturated heterocycles. The Morgan fingerprint density at radius 3 is 1.00 bits per heavy atom. The van der Waals surface area contributed by atoms with Gasteiger partial charge in [-0.2, -0.15) is 0 Å². The Morgan fingerprint density at radius 2 is 1.00 bits per heavy atom. The maximum atomic E-state index is 0. The molecular weight excluding hydrogens is 355 g/mol. The summed E-state index contributed by atoms with van der Waals surface area (Å²) < 4.78 is 0. The van der Waals surface area contributed by atoms with Gasteiger partial charge in [0.15, 0.2) is 0 Å². The van der Waals surface area contributed by atoms with Gasteiger partial charge in [-0.3, -0.25) is 0 Å². The van der Waals surface area contributed by atoms with Gasteiger partial charge < -0.3 is 0 Å². The molecule has 0 fully saturated rings. The summed E-state index contributed by atoms with van der Waals surface area (Å²) in [5.41, 5.74) is 0. The molecule has 6 heteroatoms. The summed E-state index contributed by atoms with van der Waals surface area (Å²) in [6, 6.07) is 0. The van der Waals surface area contributed by atoms with Crippen molar-refractivity contribution in [3.8, 4) is 0 Å². The summed E-state index contributed by atoms with van der Waals surface area (Å²) in [5, 5.41) is 0. The van der Waals surface area contributed by atoms with Crippen molar-refractivity contribution in [2.24, 2.45) is 0 Å². The SMILES string of the molecule is [Ag].[Cr].[Cu].[Fe].[SiH4].[Ti]. The van der Waals surface area contributed by atoms with Crippen LogP contribution in [0.3, 0.4) is 0 Å². The molecule has 0 saturated carbocycles. The minimum Gasteiger partial charge on any atom is -0.0149 e. The van der Waals surface area contributed by atoms with E-state index in [4.69, 9.17) is 0 Å². The summed E-state index contributed by atoms with van der Waals surface area (Å²) in [6.07, 6.45) is 0. The molecular formula is H4AgCrCuFeSiTi. The van der Waals surface area contributed by atoms with E-state index >= 15 is 0 Å². The van der Waals surface area contributed by atoms with Gasteiger partial charge in [-0.25, -0.2) is 0 Å². The van der Waals surface area contributed by atoms with E-state index < -0.39 is 0 Å². The molecule has 0 aromatic carbocycles. The van der Waals surface area contributed by atoms with Gasteiger partial charge in [0.2, 0.25) is 0 Å². The molecule has 0 aliphatic heterocycles. The van der Waals surface area contributed by atoms with Crippen LogP contribution in [-0.2, 0) is 95.6 Å². The smallest absolute Gasteiger partial charge is 0 e. The summed E-state index contributed by atoms with van der Waals surface area (Å²) in [5.74, 6) is 0. The van der Waals surface area contributed by atoms with Gasteiger partial charge in [-0.1, -0.05) is 0 Å². The zero-order valence-electron chi connectivity index (χ0n) is 1.86. The Kier molecular flexibility index (Phi) is 409. The maximum absolute atomic E-state index is 0. The first-order chi connectivity index (χ1) is 0. The molecule has 0 aliphatic rings. The van der Waals surface area contributed by atoms with Crippen LogP contribution in [0.25, 0.3) is 0 Å². The van der Waals surface area contributed by atoms with Crippen molar-refractivity contribution in [2.75, 3.05) is 0 Å². The Balaban J connectivity index is 0. The monoisotopic (exact) mass is 358 g/mol. The van der Waals surface area contributed by atoms with Crippen molar-refractivity contribution in [1.82, 2.24) is 0 Å². The molecule has 2 radical (unpaired) electrons. The van der Waals surface area contributed by atoms with Crippen molar-refractivity contribution in [1.29, 1.82) is 0 Å². The third kappa shape index (κ3) is 26.8. The molecule has 0 nitrogen and oxygen atoms in total. The van der Waals surface area contributed by atoms with Crippen molar-refractivity contribution >= 4 is 11.0 Å². The van der Waals surface area contributed by atoms with Crippen LogP contribution in [0.15, 0.2) is 0 Å². The zero-order valence-corrected chi connectivity index (χ0v) is 8.23. The molecule has 0 aliphatic carbocycles. The van der Waals surface area contributed by atoms with Crippen LogP contribution in [0.4, 0.5) is 0 Å². The molecule has 0 aromatic heterocycles. The normalized spacial score (nSPS) is 0. The summed E-state index contributed by atoms with van der Waals surface area (Å²) >= 11 is 0. The van der Waals surface area contributed by atoms with Crippen molar-refractivity contribution in [3.63, 3.8) is 0 Å². The van der Waals surface area contributed by atoms with Crippen LogP contribution in [0, 0.1) is 0 Å². The minimum absolute atomic E-state index is 0. The van der Waals surface area contributed by atoms with Gasteiger partial charge in [0.1, 0.15) is 0 Å². The van der Waals surface area contributed by atoms with Crippen LogP contribution in [0.1, 0.15) is 0 Å². The second-order valence-corrected chi connectivity index (χ2v) is 0. The third-order valence-electron chi connectivity index (χ3n) is 0. The average Bonchev–Trinajstić information content (AvgIpc) is 0. The summed E-state index contributed by atoms with van der Waals surface area (Å²) in [7, 11) is 0. The molecule has 0 N–H and O–H groups in total. The van der Waals surface area contributed by atoms with Crippen LogP contribution in [-0.4, -0.2) is 11.0 Å². The van der Waals surface area contributed by atoms with E-state index in [-0.39, 0.29) is 107 Å². The first kappa shape index (κ1) is 59.7. The third-order valence-corrected chi connectivity index (χ3v) is 0. The van der Waals surface area contributed by atoms with E-state index in [9.17, 15) is 0 Å². The minimum atomic E-state index is 0. The first-order valence-electron chi connectivity index (χ1n) is 0.